The van der Waals surface area contributed by atoms with Gasteiger partial charge in [-0.15, -0.1) is 4.91 Å². The second-order valence-corrected chi connectivity index (χ2v) is 1.86. The molecule has 0 bridgehead atoms. The maximum Gasteiger partial charge on any atom is 0.242 e. The summed E-state index contributed by atoms with van der Waals surface area (Å²) in [6, 6.07) is 0. The highest BCUT2D eigenvalue weighted by atomic mass is 32.2. The van der Waals surface area contributed by atoms with E-state index in [0.717, 1.165) is 7.05 Å². The monoisotopic (exact) mass is 124 g/mol. The number of nitrogens with zero attached hydrogens (tertiary/aromatic N) is 2. The van der Waals surface area contributed by atoms with Crippen LogP contribution in [0.25, 0.3) is 0 Å². The first-order valence-corrected chi connectivity index (χ1v) is 2.53. The van der Waals surface area contributed by atoms with Crippen molar-refractivity contribution in [2.45, 2.75) is 0 Å². The Balaban J connectivity index is 3.80. The molecule has 0 fully saturated rings. The molecule has 0 spiro atoms. The summed E-state index contributed by atoms with van der Waals surface area (Å²) in [7, 11) is -1.75. The highest BCUT2D eigenvalue weighted by molar-refractivity contribution is 7.69. The lowest BCUT2D eigenvalue weighted by Gasteiger charge is -1.90. The van der Waals surface area contributed by atoms with Gasteiger partial charge in [0.25, 0.3) is 0 Å². The highest BCUT2D eigenvalue weighted by Gasteiger charge is 1.89. The minimum atomic E-state index is -2.81. The molecule has 0 N–H and O–H groups in total. The van der Waals surface area contributed by atoms with Crippen molar-refractivity contribution in [1.29, 1.82) is 0 Å². The first kappa shape index (κ1) is 6.35. The fourth-order valence-electron chi connectivity index (χ4n) is 0.0298. The van der Waals surface area contributed by atoms with Crippen LogP contribution in [0, 0.1) is 4.91 Å². The predicted octanol–water partition coefficient (Wildman–Crippen LogP) is -0.874. The first-order chi connectivity index (χ1) is 3.18. The van der Waals surface area contributed by atoms with Gasteiger partial charge in [0.05, 0.1) is 5.29 Å². The average molecular weight is 124 g/mol. The molecule has 0 heterocycles. The maximum absolute atomic E-state index is 9.60. The number of hydrogen-bond donors (Lipinski definition) is 1. The molecule has 0 unspecified atom stereocenters. The van der Waals surface area contributed by atoms with Gasteiger partial charge < -0.3 is 0 Å². The second kappa shape index (κ2) is 2.51. The van der Waals surface area contributed by atoms with Crippen molar-refractivity contribution in [2.24, 2.45) is 5.29 Å². The molecule has 0 rings (SSSR count). The molecule has 0 aromatic heterocycles. The standard InChI is InChI=1S/CH4N2O3S/c1-3(2-4)7(5)6/h7H,1H3. The molecule has 42 valence electrons. The molecule has 5 nitrogen and oxygen atoms in total. The number of rotatable bonds is 2. The van der Waals surface area contributed by atoms with Crippen LogP contribution in [0.15, 0.2) is 5.29 Å². The van der Waals surface area contributed by atoms with Crippen molar-refractivity contribution in [3.63, 3.8) is 0 Å². The lowest BCUT2D eigenvalue weighted by Crippen LogP contribution is -2.05. The molecule has 0 aliphatic rings. The number of thiol groups is 1. The van der Waals surface area contributed by atoms with Gasteiger partial charge in [-0.1, -0.05) is 0 Å². The summed E-state index contributed by atoms with van der Waals surface area (Å²) in [6.07, 6.45) is 0. The summed E-state index contributed by atoms with van der Waals surface area (Å²) in [6.45, 7) is 0. The third kappa shape index (κ3) is 2.10. The third-order valence-corrected chi connectivity index (χ3v) is 0.900. The van der Waals surface area contributed by atoms with Crippen LogP contribution in [-0.2, 0) is 10.9 Å². The first-order valence-electron chi connectivity index (χ1n) is 1.39. The fraction of sp³-hybridized carbons (Fsp3) is 1.00. The van der Waals surface area contributed by atoms with Gasteiger partial charge in [-0.25, -0.2) is 8.42 Å². The molecule has 0 saturated carbocycles. The lowest BCUT2D eigenvalue weighted by molar-refractivity contribution is 0.507. The van der Waals surface area contributed by atoms with Gasteiger partial charge in [0, 0.05) is 7.05 Å². The van der Waals surface area contributed by atoms with E-state index < -0.39 is 10.9 Å². The van der Waals surface area contributed by atoms with E-state index in [2.05, 4.69) is 5.29 Å². The van der Waals surface area contributed by atoms with Gasteiger partial charge >= 0.3 is 0 Å². The summed E-state index contributed by atoms with van der Waals surface area (Å²) < 4.78 is 19.5. The molecular weight excluding hydrogens is 120 g/mol. The highest BCUT2D eigenvalue weighted by Crippen LogP contribution is 1.76. The molecule has 0 atom stereocenters. The van der Waals surface area contributed by atoms with Gasteiger partial charge in [0.1, 0.15) is 0 Å². The lowest BCUT2D eigenvalue weighted by atomic mass is 11.5. The zero-order chi connectivity index (χ0) is 5.86. The van der Waals surface area contributed by atoms with E-state index in [4.69, 9.17) is 0 Å². The summed E-state index contributed by atoms with van der Waals surface area (Å²) in [5.41, 5.74) is 0. The Bertz CT molecular complexity index is 121. The van der Waals surface area contributed by atoms with Crippen LogP contribution in [-0.4, -0.2) is 19.9 Å². The van der Waals surface area contributed by atoms with E-state index in [9.17, 15) is 13.3 Å². The zero-order valence-electron chi connectivity index (χ0n) is 3.57. The Kier molecular flexibility index (Phi) is 2.28. The average Bonchev–Trinajstić information content (AvgIpc) is 1.65. The molecule has 0 aliphatic heterocycles. The molecule has 0 radical (unpaired) electrons. The van der Waals surface area contributed by atoms with E-state index >= 15 is 0 Å². The summed E-state index contributed by atoms with van der Waals surface area (Å²) in [4.78, 5) is 9.24. The molecule has 7 heavy (non-hydrogen) atoms. The Hall–Kier alpha value is -0.650. The van der Waals surface area contributed by atoms with Crippen LogP contribution in [0.1, 0.15) is 0 Å². The van der Waals surface area contributed by atoms with Crippen LogP contribution in [0.3, 0.4) is 0 Å². The van der Waals surface area contributed by atoms with Gasteiger partial charge in [-0.2, -0.15) is 4.41 Å². The largest absolute Gasteiger partial charge is 0.242 e. The van der Waals surface area contributed by atoms with E-state index in [1.54, 1.807) is 0 Å². The normalized spacial score (nSPS) is 8.86. The van der Waals surface area contributed by atoms with Crippen LogP contribution >= 0.6 is 0 Å². The van der Waals surface area contributed by atoms with Crippen LogP contribution in [0.2, 0.25) is 0 Å². The van der Waals surface area contributed by atoms with Gasteiger partial charge in [-0.05, 0) is 0 Å². The van der Waals surface area contributed by atoms with Crippen molar-refractivity contribution in [1.82, 2.24) is 4.41 Å². The Morgan fingerprint density at radius 3 is 2.00 bits per heavy atom. The van der Waals surface area contributed by atoms with Gasteiger partial charge in [0.15, 0.2) is 0 Å². The van der Waals surface area contributed by atoms with E-state index in [-0.39, 0.29) is 0 Å². The Morgan fingerprint density at radius 2 is 2.00 bits per heavy atom. The van der Waals surface area contributed by atoms with Crippen molar-refractivity contribution in [3.05, 3.63) is 4.91 Å². The molecule has 0 aliphatic carbocycles. The minimum absolute atomic E-state index is 0.315. The maximum atomic E-state index is 9.60. The molecule has 0 aromatic carbocycles. The number of nitroso groups, excluding NO2 is 1. The van der Waals surface area contributed by atoms with E-state index in [0.29, 0.717) is 4.41 Å². The summed E-state index contributed by atoms with van der Waals surface area (Å²) >= 11 is 0. The molecule has 0 saturated heterocycles. The quantitative estimate of drug-likeness (QED) is 0.295. The van der Waals surface area contributed by atoms with Crippen molar-refractivity contribution in [3.8, 4) is 0 Å². The topological polar surface area (TPSA) is 66.8 Å². The van der Waals surface area contributed by atoms with Crippen LogP contribution in [0.5, 0.6) is 0 Å². The SMILES string of the molecule is CN(N=O)[SH](=O)=O. The molecular formula is CH4N2O3S. The number of hydrogen-bond acceptors (Lipinski definition) is 4. The smallest absolute Gasteiger partial charge is 0.208 e. The molecule has 6 heteroatoms. The zero-order valence-corrected chi connectivity index (χ0v) is 4.46. The van der Waals surface area contributed by atoms with Crippen LogP contribution < -0.4 is 0 Å². The van der Waals surface area contributed by atoms with Crippen molar-refractivity contribution < 1.29 is 8.42 Å². The predicted molar refractivity (Wildman–Crippen MR) is 23.9 cm³/mol. The molecule has 0 aromatic rings. The molecule has 0 amide bonds. The van der Waals surface area contributed by atoms with Crippen molar-refractivity contribution in [2.75, 3.05) is 7.05 Å². The van der Waals surface area contributed by atoms with Gasteiger partial charge in [0.2, 0.25) is 10.9 Å². The van der Waals surface area contributed by atoms with Crippen LogP contribution in [0.4, 0.5) is 0 Å². The van der Waals surface area contributed by atoms with E-state index in [1.807, 2.05) is 0 Å². The summed E-state index contributed by atoms with van der Waals surface area (Å²) in [5, 5.41) is 2.08. The minimum Gasteiger partial charge on any atom is -0.208 e. The summed E-state index contributed by atoms with van der Waals surface area (Å²) in [5.74, 6) is 0. The third-order valence-electron chi connectivity index (χ3n) is 0.354. The van der Waals surface area contributed by atoms with Gasteiger partial charge in [-0.3, -0.25) is 0 Å². The fourth-order valence-corrected chi connectivity index (χ4v) is 0.0894. The second-order valence-electron chi connectivity index (χ2n) is 0.809. The van der Waals surface area contributed by atoms with E-state index in [1.165, 1.54) is 0 Å². The Labute approximate surface area is 42.0 Å². The Morgan fingerprint density at radius 1 is 1.57 bits per heavy atom. The van der Waals surface area contributed by atoms with Crippen molar-refractivity contribution >= 4 is 10.9 Å².